The van der Waals surface area contributed by atoms with Crippen molar-refractivity contribution in [1.29, 1.82) is 0 Å². The van der Waals surface area contributed by atoms with Crippen molar-refractivity contribution in [1.82, 2.24) is 9.97 Å². The summed E-state index contributed by atoms with van der Waals surface area (Å²) in [6, 6.07) is 51.4. The molecular weight excluding hydrogens is 881 g/mol. The van der Waals surface area contributed by atoms with E-state index in [1.807, 2.05) is 41.8 Å². The van der Waals surface area contributed by atoms with Crippen molar-refractivity contribution in [3.8, 4) is 44.8 Å². The van der Waals surface area contributed by atoms with E-state index < -0.39 is 8.07 Å². The molecule has 8 aromatic rings. The Labute approximate surface area is 345 Å². The van der Waals surface area contributed by atoms with Crippen molar-refractivity contribution >= 4 is 44.8 Å². The first kappa shape index (κ1) is 38.7. The second-order valence-electron chi connectivity index (χ2n) is 15.6. The van der Waals surface area contributed by atoms with Gasteiger partial charge in [0.2, 0.25) is 0 Å². The Hall–Kier alpha value is -4.51. The van der Waals surface area contributed by atoms with Gasteiger partial charge in [0, 0.05) is 42.8 Å². The number of aryl methyl sites for hydroxylation is 1. The van der Waals surface area contributed by atoms with Gasteiger partial charge in [-0.05, 0) is 74.2 Å². The van der Waals surface area contributed by atoms with Gasteiger partial charge in [0.15, 0.2) is 0 Å². The molecule has 3 heterocycles. The van der Waals surface area contributed by atoms with Crippen LogP contribution in [-0.4, -0.2) is 18.0 Å². The van der Waals surface area contributed by atoms with E-state index in [0.29, 0.717) is 0 Å². The van der Waals surface area contributed by atoms with E-state index in [1.54, 1.807) is 10.8 Å². The predicted octanol–water partition coefficient (Wildman–Crippen LogP) is 13.4. The van der Waals surface area contributed by atoms with Crippen LogP contribution in [0, 0.1) is 25.0 Å². The number of rotatable bonds is 7. The number of hydrogen-bond acceptors (Lipinski definition) is 3. The Morgan fingerprint density at radius 2 is 1.38 bits per heavy atom. The van der Waals surface area contributed by atoms with Crippen LogP contribution in [0.1, 0.15) is 36.8 Å². The molecule has 9 rings (SSSR count). The molecule has 0 atom stereocenters. The monoisotopic (exact) mass is 927 g/mol. The van der Waals surface area contributed by atoms with E-state index in [9.17, 15) is 0 Å². The molecule has 0 unspecified atom stereocenters. The second-order valence-corrected chi connectivity index (χ2v) is 21.7. The minimum Gasteiger partial charge on any atom is -0.305 e. The summed E-state index contributed by atoms with van der Waals surface area (Å²) in [5, 5.41) is 4.12. The van der Waals surface area contributed by atoms with Crippen molar-refractivity contribution in [3.63, 3.8) is 0 Å². The molecule has 5 heteroatoms. The Bertz CT molecular complexity index is 2520. The molecule has 0 aliphatic heterocycles. The number of thiophene rings is 1. The van der Waals surface area contributed by atoms with Crippen molar-refractivity contribution < 1.29 is 20.1 Å². The minimum atomic E-state index is -1.35. The van der Waals surface area contributed by atoms with Crippen LogP contribution in [0.4, 0.5) is 0 Å². The van der Waals surface area contributed by atoms with Crippen molar-refractivity contribution in [2.24, 2.45) is 5.92 Å². The molecule has 5 aromatic carbocycles. The third-order valence-electron chi connectivity index (χ3n) is 10.8. The molecule has 55 heavy (non-hydrogen) atoms. The number of nitrogens with zero attached hydrogens (tertiary/aromatic N) is 2. The maximum atomic E-state index is 4.86. The van der Waals surface area contributed by atoms with E-state index >= 15 is 0 Å². The van der Waals surface area contributed by atoms with E-state index in [-0.39, 0.29) is 20.1 Å². The van der Waals surface area contributed by atoms with E-state index in [0.717, 1.165) is 28.4 Å². The van der Waals surface area contributed by atoms with Crippen LogP contribution >= 0.6 is 11.3 Å². The Balaban J connectivity index is 0.000000178. The van der Waals surface area contributed by atoms with Gasteiger partial charge in [-0.3, -0.25) is 0 Å². The van der Waals surface area contributed by atoms with Gasteiger partial charge in [0.25, 0.3) is 0 Å². The number of aromatic nitrogens is 2. The first-order chi connectivity index (χ1) is 26.3. The summed E-state index contributed by atoms with van der Waals surface area (Å²) in [5.41, 5.74) is 11.9. The summed E-state index contributed by atoms with van der Waals surface area (Å²) in [5.74, 6) is 0.880. The molecule has 277 valence electrons. The van der Waals surface area contributed by atoms with Crippen LogP contribution in [0.5, 0.6) is 0 Å². The molecule has 1 radical (unpaired) electrons. The van der Waals surface area contributed by atoms with Crippen LogP contribution in [0.3, 0.4) is 0 Å². The second kappa shape index (κ2) is 17.1. The molecule has 0 spiro atoms. The Kier molecular flexibility index (Phi) is 12.0. The molecular formula is C50H46IrN2SSi-2. The summed E-state index contributed by atoms with van der Waals surface area (Å²) in [4.78, 5) is 9.62. The summed E-state index contributed by atoms with van der Waals surface area (Å²) >= 11 is 1.83. The van der Waals surface area contributed by atoms with Crippen LogP contribution in [0.25, 0.3) is 64.9 Å². The third-order valence-corrected chi connectivity index (χ3v) is 14.0. The minimum absolute atomic E-state index is 0. The average molecular weight is 927 g/mol. The molecule has 1 aliphatic rings. The number of benzene rings is 5. The van der Waals surface area contributed by atoms with Gasteiger partial charge in [0.1, 0.15) is 0 Å². The van der Waals surface area contributed by atoms with Crippen LogP contribution in [-0.2, 0) is 26.5 Å². The van der Waals surface area contributed by atoms with Crippen LogP contribution < -0.4 is 5.19 Å². The number of pyridine rings is 2. The maximum Gasteiger partial charge on any atom is 0.0798 e. The summed E-state index contributed by atoms with van der Waals surface area (Å²) in [6.07, 6.45) is 11.0. The van der Waals surface area contributed by atoms with Gasteiger partial charge in [-0.2, -0.15) is 11.3 Å². The van der Waals surface area contributed by atoms with Crippen molar-refractivity contribution in [3.05, 3.63) is 163 Å². The largest absolute Gasteiger partial charge is 0.305 e. The quantitative estimate of drug-likeness (QED) is 0.118. The first-order valence-corrected chi connectivity index (χ1v) is 23.6. The standard InChI is InChI=1S/C30H20NS.C20H26NSi.Ir/c1-20-18-27(31-19-26(20)22-12-6-3-7-13-22)24-15-8-16-25-29-23(21-10-4-2-5-11-21)14-9-17-28(29)32-30(24)25;1-22(2,3)20-15-21-19(17-11-5-4-6-12-17)14-18(20)13-16-9-7-8-10-16;/h2-14,16-19H,1H3;4-6,11,14-16H,7-10,13H2,1-3H3;/q2*-1;. The number of hydrogen-bond donors (Lipinski definition) is 0. The fraction of sp³-hybridized carbons (Fsp3) is 0.200. The molecule has 0 N–H and O–H groups in total. The number of fused-ring (bicyclic) bond motifs is 3. The molecule has 0 amide bonds. The molecule has 0 bridgehead atoms. The molecule has 1 aliphatic carbocycles. The predicted molar refractivity (Wildman–Crippen MR) is 234 cm³/mol. The van der Waals surface area contributed by atoms with Crippen LogP contribution in [0.15, 0.2) is 140 Å². The van der Waals surface area contributed by atoms with Gasteiger partial charge in [-0.15, -0.1) is 59.7 Å². The normalized spacial score (nSPS) is 13.0. The SMILES string of the molecule is C[Si](C)(C)c1cnc(-c2[c-]cccc2)cc1CC1CCCC1.Cc1cc(-c2[c-]ccc3c2sc2cccc(-c4ccccc4)c23)ncc1-c1ccccc1.[Ir]. The maximum absolute atomic E-state index is 4.86. The summed E-state index contributed by atoms with van der Waals surface area (Å²) in [6.45, 7) is 9.44. The average Bonchev–Trinajstić information content (AvgIpc) is 3.87. The smallest absolute Gasteiger partial charge is 0.0798 e. The van der Waals surface area contributed by atoms with Crippen LogP contribution in [0.2, 0.25) is 19.6 Å². The Morgan fingerprint density at radius 3 is 2.05 bits per heavy atom. The summed E-state index contributed by atoms with van der Waals surface area (Å²) in [7, 11) is -1.35. The first-order valence-electron chi connectivity index (χ1n) is 19.2. The van der Waals surface area contributed by atoms with Crippen molar-refractivity contribution in [2.75, 3.05) is 0 Å². The molecule has 1 fully saturated rings. The molecule has 0 saturated heterocycles. The zero-order valence-electron chi connectivity index (χ0n) is 32.0. The van der Waals surface area contributed by atoms with Gasteiger partial charge in [-0.1, -0.05) is 141 Å². The Morgan fingerprint density at radius 1 is 0.691 bits per heavy atom. The van der Waals surface area contributed by atoms with Gasteiger partial charge >= 0.3 is 0 Å². The van der Waals surface area contributed by atoms with E-state index in [2.05, 4.69) is 148 Å². The van der Waals surface area contributed by atoms with Gasteiger partial charge < -0.3 is 9.97 Å². The zero-order valence-corrected chi connectivity index (χ0v) is 36.2. The topological polar surface area (TPSA) is 25.8 Å². The molecule has 2 nitrogen and oxygen atoms in total. The van der Waals surface area contributed by atoms with E-state index in [1.165, 1.54) is 80.1 Å². The van der Waals surface area contributed by atoms with Gasteiger partial charge in [-0.25, -0.2) is 0 Å². The summed E-state index contributed by atoms with van der Waals surface area (Å²) < 4.78 is 2.53. The fourth-order valence-corrected chi connectivity index (χ4v) is 10.8. The zero-order chi connectivity index (χ0) is 37.1. The van der Waals surface area contributed by atoms with E-state index in [4.69, 9.17) is 9.97 Å². The molecule has 1 saturated carbocycles. The fourth-order valence-electron chi connectivity index (χ4n) is 8.02. The third kappa shape index (κ3) is 8.51. The van der Waals surface area contributed by atoms with Gasteiger partial charge in [0.05, 0.1) is 8.07 Å². The van der Waals surface area contributed by atoms with Crippen molar-refractivity contribution in [2.45, 2.75) is 58.7 Å². The molecule has 3 aromatic heterocycles.